The van der Waals surface area contributed by atoms with Crippen molar-refractivity contribution in [1.82, 2.24) is 19.5 Å². The number of carbonyl (C=O) groups is 2. The third-order valence-corrected chi connectivity index (χ3v) is 6.02. The van der Waals surface area contributed by atoms with Gasteiger partial charge in [0.2, 0.25) is 11.6 Å². The average molecular weight is 540 g/mol. The molecule has 170 valence electrons. The number of fused-ring (bicyclic) bond motifs is 1. The van der Waals surface area contributed by atoms with Crippen LogP contribution in [0.1, 0.15) is 6.23 Å². The van der Waals surface area contributed by atoms with E-state index in [9.17, 15) is 34.2 Å². The number of anilines is 1. The molecule has 2 aromatic heterocycles. The van der Waals surface area contributed by atoms with E-state index in [0.29, 0.717) is 0 Å². The van der Waals surface area contributed by atoms with Gasteiger partial charge in [-0.1, -0.05) is 27.7 Å². The molecule has 31 heavy (non-hydrogen) atoms. The predicted molar refractivity (Wildman–Crippen MR) is 104 cm³/mol. The highest BCUT2D eigenvalue weighted by Crippen LogP contribution is 2.35. The standard InChI is InChI=1S/C14H17BrN5O9PS/c15-1-5(21)6(22)3-31-14-18-11(16)8-12(19-14)20(4-17-8)13-10(24)9(23)7(29-13)2-28-30(25,26)27/h4,7,9-10,13,23-24H,1-3H2,(H2,16,18,19)(H2,25,26,27)/p-2/t7-,9-,10-,13-/m1/s1. The van der Waals surface area contributed by atoms with Crippen LogP contribution in [0.2, 0.25) is 0 Å². The zero-order valence-electron chi connectivity index (χ0n) is 15.4. The van der Waals surface area contributed by atoms with Gasteiger partial charge < -0.3 is 39.6 Å². The number of carbonyl (C=O) groups excluding carboxylic acids is 2. The van der Waals surface area contributed by atoms with Gasteiger partial charge in [-0.05, 0) is 0 Å². The fourth-order valence-electron chi connectivity index (χ4n) is 2.71. The summed E-state index contributed by atoms with van der Waals surface area (Å²) in [7, 11) is -5.31. The van der Waals surface area contributed by atoms with Crippen LogP contribution in [0.5, 0.6) is 0 Å². The highest BCUT2D eigenvalue weighted by atomic mass is 79.9. The van der Waals surface area contributed by atoms with Crippen LogP contribution >= 0.6 is 35.5 Å². The van der Waals surface area contributed by atoms with Gasteiger partial charge in [-0.25, -0.2) is 15.0 Å². The lowest BCUT2D eigenvalue weighted by atomic mass is 10.1. The Balaban J connectivity index is 1.84. The molecule has 1 aliphatic rings. The van der Waals surface area contributed by atoms with Gasteiger partial charge in [0.05, 0.1) is 31.8 Å². The molecule has 1 saturated heterocycles. The zero-order valence-corrected chi connectivity index (χ0v) is 18.7. The Hall–Kier alpha value is -1.49. The van der Waals surface area contributed by atoms with E-state index in [1.54, 1.807) is 0 Å². The van der Waals surface area contributed by atoms with E-state index in [1.807, 2.05) is 0 Å². The van der Waals surface area contributed by atoms with Crippen LogP contribution in [-0.4, -0.2) is 77.3 Å². The van der Waals surface area contributed by atoms with Crippen molar-refractivity contribution in [3.8, 4) is 0 Å². The molecule has 1 aliphatic heterocycles. The number of imidazole rings is 1. The van der Waals surface area contributed by atoms with E-state index in [-0.39, 0.29) is 33.2 Å². The van der Waals surface area contributed by atoms with Crippen molar-refractivity contribution in [3.63, 3.8) is 0 Å². The van der Waals surface area contributed by atoms with Gasteiger partial charge in [-0.2, -0.15) is 0 Å². The Labute approximate surface area is 186 Å². The summed E-state index contributed by atoms with van der Waals surface area (Å²) in [6.07, 6.45) is -4.51. The second-order valence-electron chi connectivity index (χ2n) is 6.27. The quantitative estimate of drug-likeness (QED) is 0.0983. The van der Waals surface area contributed by atoms with Gasteiger partial charge in [0.1, 0.15) is 23.8 Å². The molecule has 0 radical (unpaired) electrons. The largest absolute Gasteiger partial charge is 0.790 e. The van der Waals surface area contributed by atoms with Crippen LogP contribution in [0.3, 0.4) is 0 Å². The molecular weight excluding hydrogens is 525 g/mol. The number of nitrogen functional groups attached to an aromatic ring is 1. The highest BCUT2D eigenvalue weighted by Gasteiger charge is 2.44. The number of aliphatic hydroxyl groups excluding tert-OH is 2. The Morgan fingerprint density at radius 3 is 2.68 bits per heavy atom. The number of Topliss-reactive ketones (excluding diaryl/α,β-unsaturated/α-hetero) is 2. The minimum Gasteiger partial charge on any atom is -0.790 e. The van der Waals surface area contributed by atoms with Crippen molar-refractivity contribution in [1.29, 1.82) is 0 Å². The van der Waals surface area contributed by atoms with Crippen molar-refractivity contribution in [2.45, 2.75) is 29.7 Å². The Morgan fingerprint density at radius 1 is 1.32 bits per heavy atom. The number of ether oxygens (including phenoxy) is 1. The first-order valence-corrected chi connectivity index (χ1v) is 12.0. The number of thioether (sulfide) groups is 1. The number of aromatic nitrogens is 4. The number of halogens is 1. The molecule has 3 rings (SSSR count). The molecule has 0 bridgehead atoms. The number of phosphoric acid groups is 1. The van der Waals surface area contributed by atoms with Gasteiger partial charge in [0.25, 0.3) is 0 Å². The van der Waals surface area contributed by atoms with E-state index < -0.39 is 50.5 Å². The number of hydrogen-bond acceptors (Lipinski definition) is 14. The fourth-order valence-corrected chi connectivity index (χ4v) is 4.09. The normalized spacial score (nSPS) is 24.0. The molecule has 2 aromatic rings. The highest BCUT2D eigenvalue weighted by molar-refractivity contribution is 9.09. The molecule has 0 spiro atoms. The lowest BCUT2D eigenvalue weighted by Crippen LogP contribution is -2.34. The zero-order chi connectivity index (χ0) is 22.9. The first kappa shape index (κ1) is 24.2. The predicted octanol–water partition coefficient (Wildman–Crippen LogP) is -2.50. The number of nitrogens with zero attached hydrogens (tertiary/aromatic N) is 4. The number of aliphatic hydroxyl groups is 2. The van der Waals surface area contributed by atoms with Crippen molar-refractivity contribution in [3.05, 3.63) is 6.33 Å². The second kappa shape index (κ2) is 9.56. The van der Waals surface area contributed by atoms with Crippen molar-refractivity contribution >= 4 is 64.1 Å². The molecule has 0 saturated carbocycles. The Morgan fingerprint density at radius 2 is 2.03 bits per heavy atom. The summed E-state index contributed by atoms with van der Waals surface area (Å²) in [5, 5.41) is 20.4. The minimum absolute atomic E-state index is 0.0444. The van der Waals surface area contributed by atoms with Crippen molar-refractivity contribution < 1.29 is 43.4 Å². The summed E-state index contributed by atoms with van der Waals surface area (Å²) in [6.45, 7) is -0.798. The van der Waals surface area contributed by atoms with Crippen molar-refractivity contribution in [2.75, 3.05) is 23.4 Å². The van der Waals surface area contributed by atoms with Crippen LogP contribution in [-0.2, 0) is 23.4 Å². The molecule has 0 amide bonds. The van der Waals surface area contributed by atoms with Crippen LogP contribution < -0.4 is 15.5 Å². The Bertz CT molecular complexity index is 1050. The van der Waals surface area contributed by atoms with Gasteiger partial charge in [0, 0.05) is 0 Å². The topological polar surface area (TPSA) is 226 Å². The van der Waals surface area contributed by atoms with Gasteiger partial charge in [0.15, 0.2) is 22.8 Å². The molecular formula is C14H15BrN5O9PS-2. The summed E-state index contributed by atoms with van der Waals surface area (Å²) < 4.78 is 21.5. The number of nitrogens with two attached hydrogens (primary N) is 1. The summed E-state index contributed by atoms with van der Waals surface area (Å²) in [5.74, 6) is -1.53. The molecule has 3 heterocycles. The molecule has 4 N–H and O–H groups in total. The molecule has 4 atom stereocenters. The number of alkyl halides is 1. The number of phosphoric ester groups is 1. The third-order valence-electron chi connectivity index (χ3n) is 4.20. The van der Waals surface area contributed by atoms with E-state index in [4.69, 9.17) is 10.5 Å². The number of ketones is 2. The lowest BCUT2D eigenvalue weighted by Gasteiger charge is -2.30. The summed E-state index contributed by atoms with van der Waals surface area (Å²) >= 11 is 3.77. The molecule has 1 fully saturated rings. The monoisotopic (exact) mass is 539 g/mol. The smallest absolute Gasteiger partial charge is 0.209 e. The summed E-state index contributed by atoms with van der Waals surface area (Å²) in [5.41, 5.74) is 6.10. The van der Waals surface area contributed by atoms with Gasteiger partial charge in [-0.3, -0.25) is 14.2 Å². The molecule has 0 unspecified atom stereocenters. The third kappa shape index (κ3) is 5.47. The average Bonchev–Trinajstić information content (AvgIpc) is 3.25. The van der Waals surface area contributed by atoms with E-state index >= 15 is 0 Å². The molecule has 0 aromatic carbocycles. The molecule has 17 heteroatoms. The van der Waals surface area contributed by atoms with Crippen LogP contribution in [0.4, 0.5) is 5.82 Å². The van der Waals surface area contributed by atoms with Crippen LogP contribution in [0.15, 0.2) is 11.5 Å². The molecule has 0 aliphatic carbocycles. The van der Waals surface area contributed by atoms with Gasteiger partial charge in [-0.15, -0.1) is 0 Å². The summed E-state index contributed by atoms with van der Waals surface area (Å²) in [6, 6.07) is 0. The SMILES string of the molecule is Nc1nc(SCC(=O)C(=O)CBr)nc2c1ncn2[C@@H]1O[C@H](COP(=O)([O-])[O-])[C@@H](O)[C@H]1O. The van der Waals surface area contributed by atoms with E-state index in [2.05, 4.69) is 35.4 Å². The summed E-state index contributed by atoms with van der Waals surface area (Å²) in [4.78, 5) is 56.7. The van der Waals surface area contributed by atoms with E-state index in [1.165, 1.54) is 10.9 Å². The Kier molecular flexibility index (Phi) is 7.45. The number of rotatable bonds is 9. The number of hydrogen-bond donors (Lipinski definition) is 3. The first-order valence-electron chi connectivity index (χ1n) is 8.45. The second-order valence-corrected chi connectivity index (χ2v) is 8.93. The first-order chi connectivity index (χ1) is 14.5. The lowest BCUT2D eigenvalue weighted by molar-refractivity contribution is -0.343. The molecule has 14 nitrogen and oxygen atoms in total. The van der Waals surface area contributed by atoms with Gasteiger partial charge >= 0.3 is 0 Å². The van der Waals surface area contributed by atoms with Crippen LogP contribution in [0.25, 0.3) is 11.2 Å². The fraction of sp³-hybridized carbons (Fsp3) is 0.500. The van der Waals surface area contributed by atoms with Crippen molar-refractivity contribution in [2.24, 2.45) is 0 Å². The maximum atomic E-state index is 11.7. The maximum absolute atomic E-state index is 11.7. The maximum Gasteiger partial charge on any atom is 0.209 e. The van der Waals surface area contributed by atoms with E-state index in [0.717, 1.165) is 11.8 Å². The minimum atomic E-state index is -5.31. The van der Waals surface area contributed by atoms with Crippen LogP contribution in [0, 0.1) is 0 Å².